The molecule has 0 aromatic heterocycles. The number of benzene rings is 2. The number of ether oxygens (including phenoxy) is 2. The lowest BCUT2D eigenvalue weighted by molar-refractivity contribution is -0.00000998. The minimum absolute atomic E-state index is 0. The second-order valence-electron chi connectivity index (χ2n) is 7.23. The van der Waals surface area contributed by atoms with Gasteiger partial charge in [-0.3, -0.25) is 4.90 Å². The number of fused-ring (bicyclic) bond motifs is 1. The smallest absolute Gasteiger partial charge is 0.243 e. The Kier molecular flexibility index (Phi) is 6.65. The van der Waals surface area contributed by atoms with Crippen molar-refractivity contribution in [2.45, 2.75) is 25.3 Å². The van der Waals surface area contributed by atoms with Gasteiger partial charge in [-0.15, -0.1) is 0 Å². The molecule has 0 amide bonds. The molecule has 0 aliphatic carbocycles. The van der Waals surface area contributed by atoms with Gasteiger partial charge in [-0.2, -0.15) is 4.31 Å². The van der Waals surface area contributed by atoms with Crippen molar-refractivity contribution in [3.05, 3.63) is 52.0 Å². The van der Waals surface area contributed by atoms with Crippen molar-refractivity contribution < 1.29 is 30.3 Å². The fraction of sp³-hybridized carbons (Fsp3) is 0.400. The van der Waals surface area contributed by atoms with Gasteiger partial charge in [0.2, 0.25) is 16.8 Å². The molecule has 4 rings (SSSR count). The first-order valence-electron chi connectivity index (χ1n) is 9.22. The van der Waals surface area contributed by atoms with E-state index in [1.807, 2.05) is 25.1 Å². The van der Waals surface area contributed by atoms with Crippen molar-refractivity contribution in [1.29, 1.82) is 0 Å². The van der Waals surface area contributed by atoms with Crippen molar-refractivity contribution in [3.8, 4) is 11.5 Å². The van der Waals surface area contributed by atoms with Crippen molar-refractivity contribution in [2.75, 3.05) is 33.0 Å². The van der Waals surface area contributed by atoms with Crippen LogP contribution in [0.15, 0.2) is 35.2 Å². The summed E-state index contributed by atoms with van der Waals surface area (Å²) in [5.74, 6) is 1.54. The van der Waals surface area contributed by atoms with Crippen LogP contribution in [0.2, 0.25) is 5.02 Å². The molecule has 2 aromatic carbocycles. The first-order chi connectivity index (χ1) is 13.3. The summed E-state index contributed by atoms with van der Waals surface area (Å²) in [6, 6.07) is 9.33. The van der Waals surface area contributed by atoms with Gasteiger partial charge in [-0.05, 0) is 54.8 Å². The Hall–Kier alpha value is -1.51. The summed E-state index contributed by atoms with van der Waals surface area (Å²) in [6.07, 6.45) is 0. The Labute approximate surface area is 182 Å². The maximum absolute atomic E-state index is 13.1. The molecular weight excluding hydrogens is 435 g/mol. The standard InChI is InChI=1S/C20H23ClN2O4S.ClH/c1-14-10-20(15(2)9-17(14)21)28(24,25)23-7-5-22(6-8-23)12-16-3-4-18-19(11-16)27-13-26-18;/h3-4,9-11H,5-8,12-13H2,1-2H3;1H/p-1. The Morgan fingerprint density at radius 2 is 1.66 bits per heavy atom. The highest BCUT2D eigenvalue weighted by Gasteiger charge is 2.30. The number of rotatable bonds is 4. The fourth-order valence-electron chi connectivity index (χ4n) is 3.60. The van der Waals surface area contributed by atoms with Gasteiger partial charge in [0, 0.05) is 37.7 Å². The summed E-state index contributed by atoms with van der Waals surface area (Å²) in [7, 11) is -3.52. The van der Waals surface area contributed by atoms with Crippen LogP contribution in [0, 0.1) is 13.8 Å². The summed E-state index contributed by atoms with van der Waals surface area (Å²) >= 11 is 6.12. The van der Waals surface area contributed by atoms with E-state index in [-0.39, 0.29) is 19.2 Å². The number of halogens is 2. The van der Waals surface area contributed by atoms with Gasteiger partial charge in [0.05, 0.1) is 4.90 Å². The highest BCUT2D eigenvalue weighted by Crippen LogP contribution is 2.33. The molecule has 1 fully saturated rings. The third kappa shape index (κ3) is 4.49. The summed E-state index contributed by atoms with van der Waals surface area (Å²) in [4.78, 5) is 2.60. The molecule has 2 aliphatic heterocycles. The third-order valence-corrected chi connectivity index (χ3v) is 7.70. The fourth-order valence-corrected chi connectivity index (χ4v) is 5.53. The van der Waals surface area contributed by atoms with Crippen LogP contribution >= 0.6 is 11.6 Å². The minimum Gasteiger partial charge on any atom is -1.00 e. The molecular formula is C20H23Cl2N2O4S-. The van der Waals surface area contributed by atoms with Crippen LogP contribution in [0.3, 0.4) is 0 Å². The zero-order chi connectivity index (χ0) is 19.9. The maximum atomic E-state index is 13.1. The molecule has 29 heavy (non-hydrogen) atoms. The molecule has 0 saturated carbocycles. The number of piperazine rings is 1. The molecule has 0 atom stereocenters. The zero-order valence-electron chi connectivity index (χ0n) is 16.3. The number of aryl methyl sites for hydroxylation is 2. The number of hydrogen-bond acceptors (Lipinski definition) is 5. The average molecular weight is 458 g/mol. The first-order valence-corrected chi connectivity index (χ1v) is 11.0. The topological polar surface area (TPSA) is 59.1 Å². The summed E-state index contributed by atoms with van der Waals surface area (Å²) in [6.45, 7) is 6.92. The molecule has 9 heteroatoms. The molecule has 2 aliphatic rings. The van der Waals surface area contributed by atoms with Crippen LogP contribution in [0.5, 0.6) is 11.5 Å². The Morgan fingerprint density at radius 1 is 0.966 bits per heavy atom. The van der Waals surface area contributed by atoms with E-state index >= 15 is 0 Å². The lowest BCUT2D eigenvalue weighted by Crippen LogP contribution is -3.00. The van der Waals surface area contributed by atoms with Gasteiger partial charge in [0.15, 0.2) is 11.5 Å². The van der Waals surface area contributed by atoms with Crippen LogP contribution in [0.4, 0.5) is 0 Å². The molecule has 2 aromatic rings. The van der Waals surface area contributed by atoms with Crippen molar-refractivity contribution in [2.24, 2.45) is 0 Å². The highest BCUT2D eigenvalue weighted by atomic mass is 35.5. The molecule has 0 spiro atoms. The quantitative estimate of drug-likeness (QED) is 0.655. The van der Waals surface area contributed by atoms with E-state index in [0.29, 0.717) is 41.7 Å². The molecule has 0 N–H and O–H groups in total. The predicted octanol–water partition coefficient (Wildman–Crippen LogP) is 0.196. The van der Waals surface area contributed by atoms with Crippen molar-refractivity contribution in [3.63, 3.8) is 0 Å². The van der Waals surface area contributed by atoms with Gasteiger partial charge < -0.3 is 21.9 Å². The van der Waals surface area contributed by atoms with Crippen LogP contribution in [-0.4, -0.2) is 50.6 Å². The molecule has 0 unspecified atom stereocenters. The van der Waals surface area contributed by atoms with Crippen molar-refractivity contribution >= 4 is 21.6 Å². The van der Waals surface area contributed by atoms with Gasteiger partial charge in [0.1, 0.15) is 0 Å². The Bertz CT molecular complexity index is 1010. The molecule has 6 nitrogen and oxygen atoms in total. The molecule has 158 valence electrons. The normalized spacial score (nSPS) is 17.2. The van der Waals surface area contributed by atoms with Crippen molar-refractivity contribution in [1.82, 2.24) is 9.21 Å². The largest absolute Gasteiger partial charge is 1.00 e. The van der Waals surface area contributed by atoms with Gasteiger partial charge in [-0.1, -0.05) is 17.7 Å². The second-order valence-corrected chi connectivity index (χ2v) is 9.55. The van der Waals surface area contributed by atoms with Gasteiger partial charge in [0.25, 0.3) is 0 Å². The summed E-state index contributed by atoms with van der Waals surface area (Å²) in [5, 5.41) is 0.588. The van der Waals surface area contributed by atoms with E-state index < -0.39 is 10.0 Å². The number of nitrogens with zero attached hydrogens (tertiary/aromatic N) is 2. The SMILES string of the molecule is Cc1cc(S(=O)(=O)N2CCN(Cc3ccc4c(c3)OCO4)CC2)c(C)cc1Cl.[Cl-]. The Morgan fingerprint density at radius 3 is 2.38 bits per heavy atom. The third-order valence-electron chi connectivity index (χ3n) is 5.25. The summed E-state index contributed by atoms with van der Waals surface area (Å²) in [5.41, 5.74) is 2.58. The monoisotopic (exact) mass is 457 g/mol. The first kappa shape index (κ1) is 22.2. The highest BCUT2D eigenvalue weighted by molar-refractivity contribution is 7.89. The minimum atomic E-state index is -3.52. The second kappa shape index (κ2) is 8.70. The van der Waals surface area contributed by atoms with E-state index in [2.05, 4.69) is 4.90 Å². The zero-order valence-corrected chi connectivity index (χ0v) is 18.6. The van der Waals surface area contributed by atoms with Gasteiger partial charge >= 0.3 is 0 Å². The average Bonchev–Trinajstić information content (AvgIpc) is 3.13. The molecule has 0 bridgehead atoms. The van der Waals surface area contributed by atoms with E-state index in [4.69, 9.17) is 21.1 Å². The van der Waals surface area contributed by atoms with Crippen LogP contribution in [0.25, 0.3) is 0 Å². The predicted molar refractivity (Wildman–Crippen MR) is 108 cm³/mol. The van der Waals surface area contributed by atoms with Crippen LogP contribution < -0.4 is 21.9 Å². The van der Waals surface area contributed by atoms with Crippen LogP contribution in [0.1, 0.15) is 16.7 Å². The Balaban J connectivity index is 0.00000240. The molecule has 2 heterocycles. The van der Waals surface area contributed by atoms with Gasteiger partial charge in [-0.25, -0.2) is 8.42 Å². The van der Waals surface area contributed by atoms with Crippen LogP contribution in [-0.2, 0) is 16.6 Å². The molecule has 0 radical (unpaired) electrons. The lowest BCUT2D eigenvalue weighted by atomic mass is 10.2. The summed E-state index contributed by atoms with van der Waals surface area (Å²) < 4.78 is 38.5. The van der Waals surface area contributed by atoms with E-state index in [1.165, 1.54) is 0 Å². The lowest BCUT2D eigenvalue weighted by Gasteiger charge is -2.34. The molecule has 1 saturated heterocycles. The van der Waals surface area contributed by atoms with E-state index in [9.17, 15) is 8.42 Å². The number of hydrogen-bond donors (Lipinski definition) is 0. The van der Waals surface area contributed by atoms with E-state index in [1.54, 1.807) is 23.4 Å². The maximum Gasteiger partial charge on any atom is 0.243 e. The number of sulfonamides is 1. The van der Waals surface area contributed by atoms with E-state index in [0.717, 1.165) is 29.2 Å².